The molecule has 0 saturated heterocycles. The number of hydrogen-bond donors (Lipinski definition) is 0. The number of aromatic nitrogens is 2. The Labute approximate surface area is 121 Å². The second-order valence-corrected chi connectivity index (χ2v) is 4.39. The zero-order chi connectivity index (χ0) is 14.5. The van der Waals surface area contributed by atoms with Gasteiger partial charge in [0.15, 0.2) is 0 Å². The van der Waals surface area contributed by atoms with Gasteiger partial charge < -0.3 is 14.2 Å². The minimum absolute atomic E-state index is 0.106. The molecule has 0 fully saturated rings. The van der Waals surface area contributed by atoms with E-state index in [0.29, 0.717) is 13.2 Å². The average Bonchev–Trinajstić information content (AvgIpc) is 3.08. The molecular weight excluding hydrogens is 272 g/mol. The lowest BCUT2D eigenvalue weighted by Gasteiger charge is -2.14. The van der Waals surface area contributed by atoms with E-state index in [2.05, 4.69) is 5.10 Å². The highest BCUT2D eigenvalue weighted by Crippen LogP contribution is 2.12. The Kier molecular flexibility index (Phi) is 3.86. The Morgan fingerprint density at radius 2 is 2.14 bits per heavy atom. The van der Waals surface area contributed by atoms with E-state index in [1.165, 1.54) is 6.26 Å². The lowest BCUT2D eigenvalue weighted by atomic mass is 10.2. The minimum Gasteiger partial charge on any atom is -0.493 e. The first-order valence-electron chi connectivity index (χ1n) is 6.53. The third-order valence-corrected chi connectivity index (χ3v) is 2.93. The number of nitrogens with zero attached hydrogens (tertiary/aromatic N) is 2. The predicted molar refractivity (Wildman–Crippen MR) is 73.3 cm³/mol. The van der Waals surface area contributed by atoms with Gasteiger partial charge in [0, 0.05) is 12.4 Å². The fraction of sp³-hybridized carbons (Fsp3) is 0.200. The lowest BCUT2D eigenvalue weighted by Crippen LogP contribution is -2.17. The van der Waals surface area contributed by atoms with Gasteiger partial charge in [-0.15, -0.1) is 0 Å². The van der Waals surface area contributed by atoms with E-state index in [9.17, 15) is 4.79 Å². The van der Waals surface area contributed by atoms with Gasteiger partial charge in [0.2, 0.25) is 5.76 Å². The number of rotatable bonds is 4. The predicted octanol–water partition coefficient (Wildman–Crippen LogP) is 1.80. The number of esters is 1. The second-order valence-electron chi connectivity index (χ2n) is 4.39. The molecule has 0 N–H and O–H groups in total. The number of carbonyl (C=O) groups excluding carboxylic acids is 1. The van der Waals surface area contributed by atoms with Crippen molar-refractivity contribution >= 4 is 5.97 Å². The summed E-state index contributed by atoms with van der Waals surface area (Å²) in [5.74, 6) is -0.416. The van der Waals surface area contributed by atoms with Crippen LogP contribution in [0.1, 0.15) is 5.56 Å². The van der Waals surface area contributed by atoms with Crippen molar-refractivity contribution in [2.75, 3.05) is 13.2 Å². The molecule has 1 aliphatic heterocycles. The normalized spacial score (nSPS) is 13.8. The van der Waals surface area contributed by atoms with Gasteiger partial charge in [0.25, 0.3) is 0 Å². The van der Waals surface area contributed by atoms with Crippen molar-refractivity contribution in [2.45, 2.75) is 6.61 Å². The minimum atomic E-state index is -0.522. The Hall–Kier alpha value is -2.76. The fourth-order valence-electron chi connectivity index (χ4n) is 1.86. The standard InChI is InChI=1S/C15H14N2O4/c18-15(14-11-19-8-9-20-14)21-10-12-2-4-13(5-3-12)17-7-1-6-16-17/h1-7,11H,8-10H2. The number of carbonyl (C=O) groups is 1. The molecule has 0 radical (unpaired) electrons. The topological polar surface area (TPSA) is 62.6 Å². The van der Waals surface area contributed by atoms with Crippen molar-refractivity contribution in [3.05, 3.63) is 60.3 Å². The van der Waals surface area contributed by atoms with Crippen molar-refractivity contribution in [3.63, 3.8) is 0 Å². The van der Waals surface area contributed by atoms with E-state index >= 15 is 0 Å². The van der Waals surface area contributed by atoms with Crippen molar-refractivity contribution in [1.82, 2.24) is 9.78 Å². The molecule has 0 unspecified atom stereocenters. The molecule has 0 saturated carbocycles. The summed E-state index contributed by atoms with van der Waals surface area (Å²) in [4.78, 5) is 11.7. The zero-order valence-electron chi connectivity index (χ0n) is 11.3. The van der Waals surface area contributed by atoms with Gasteiger partial charge in [0.05, 0.1) is 5.69 Å². The molecule has 1 aromatic carbocycles. The highest BCUT2D eigenvalue weighted by Gasteiger charge is 2.16. The van der Waals surface area contributed by atoms with Crippen LogP contribution in [0.3, 0.4) is 0 Å². The van der Waals surface area contributed by atoms with Crippen LogP contribution in [0.5, 0.6) is 0 Å². The Balaban J connectivity index is 1.58. The molecule has 21 heavy (non-hydrogen) atoms. The van der Waals surface area contributed by atoms with Crippen LogP contribution in [-0.2, 0) is 25.6 Å². The smallest absolute Gasteiger partial charge is 0.377 e. The molecule has 1 aliphatic rings. The quantitative estimate of drug-likeness (QED) is 0.802. The third-order valence-electron chi connectivity index (χ3n) is 2.93. The van der Waals surface area contributed by atoms with Gasteiger partial charge >= 0.3 is 5.97 Å². The second kappa shape index (κ2) is 6.13. The van der Waals surface area contributed by atoms with E-state index in [-0.39, 0.29) is 12.4 Å². The summed E-state index contributed by atoms with van der Waals surface area (Å²) >= 11 is 0. The maximum atomic E-state index is 11.7. The van der Waals surface area contributed by atoms with Gasteiger partial charge in [-0.1, -0.05) is 12.1 Å². The lowest BCUT2D eigenvalue weighted by molar-refractivity contribution is -0.145. The van der Waals surface area contributed by atoms with Gasteiger partial charge in [-0.3, -0.25) is 0 Å². The van der Waals surface area contributed by atoms with Crippen molar-refractivity contribution in [1.29, 1.82) is 0 Å². The molecule has 0 atom stereocenters. The molecule has 108 valence electrons. The van der Waals surface area contributed by atoms with Crippen LogP contribution < -0.4 is 0 Å². The van der Waals surface area contributed by atoms with E-state index in [1.54, 1.807) is 10.9 Å². The first kappa shape index (κ1) is 13.2. The SMILES string of the molecule is O=C(OCc1ccc(-n2cccn2)cc1)C1=COCCO1. The Bertz CT molecular complexity index is 632. The molecule has 6 nitrogen and oxygen atoms in total. The highest BCUT2D eigenvalue weighted by molar-refractivity contribution is 5.86. The third kappa shape index (κ3) is 3.22. The fourth-order valence-corrected chi connectivity index (χ4v) is 1.86. The summed E-state index contributed by atoms with van der Waals surface area (Å²) in [6.45, 7) is 0.990. The summed E-state index contributed by atoms with van der Waals surface area (Å²) < 4.78 is 17.1. The van der Waals surface area contributed by atoms with E-state index in [0.717, 1.165) is 11.3 Å². The van der Waals surface area contributed by atoms with Crippen LogP contribution in [0.25, 0.3) is 5.69 Å². The summed E-state index contributed by atoms with van der Waals surface area (Å²) in [7, 11) is 0. The van der Waals surface area contributed by atoms with Crippen molar-refractivity contribution in [2.24, 2.45) is 0 Å². The largest absolute Gasteiger partial charge is 0.493 e. The molecule has 1 aromatic heterocycles. The molecule has 0 spiro atoms. The summed E-state index contributed by atoms with van der Waals surface area (Å²) in [5, 5.41) is 4.14. The highest BCUT2D eigenvalue weighted by atomic mass is 16.6. The molecule has 2 aromatic rings. The van der Waals surface area contributed by atoms with Crippen LogP contribution in [-0.4, -0.2) is 29.0 Å². The van der Waals surface area contributed by atoms with E-state index in [4.69, 9.17) is 14.2 Å². The maximum Gasteiger partial charge on any atom is 0.377 e. The Morgan fingerprint density at radius 1 is 1.29 bits per heavy atom. The molecule has 0 aliphatic carbocycles. The summed E-state index contributed by atoms with van der Waals surface area (Å²) in [6, 6.07) is 9.45. The average molecular weight is 286 g/mol. The van der Waals surface area contributed by atoms with Crippen LogP contribution in [0.4, 0.5) is 0 Å². The molecule has 6 heteroatoms. The van der Waals surface area contributed by atoms with E-state index < -0.39 is 5.97 Å². The molecule has 2 heterocycles. The van der Waals surface area contributed by atoms with Gasteiger partial charge in [-0.2, -0.15) is 5.10 Å². The Morgan fingerprint density at radius 3 is 2.81 bits per heavy atom. The van der Waals surface area contributed by atoms with Crippen LogP contribution >= 0.6 is 0 Å². The van der Waals surface area contributed by atoms with Crippen LogP contribution in [0.2, 0.25) is 0 Å². The molecular formula is C15H14N2O4. The number of hydrogen-bond acceptors (Lipinski definition) is 5. The monoisotopic (exact) mass is 286 g/mol. The van der Waals surface area contributed by atoms with Crippen LogP contribution in [0.15, 0.2) is 54.7 Å². The summed E-state index contributed by atoms with van der Waals surface area (Å²) in [5.41, 5.74) is 1.83. The van der Waals surface area contributed by atoms with Crippen molar-refractivity contribution < 1.29 is 19.0 Å². The zero-order valence-corrected chi connectivity index (χ0v) is 11.3. The number of benzene rings is 1. The number of ether oxygens (including phenoxy) is 3. The van der Waals surface area contributed by atoms with Crippen LogP contribution in [0, 0.1) is 0 Å². The molecule has 3 rings (SSSR count). The van der Waals surface area contributed by atoms with Crippen molar-refractivity contribution in [3.8, 4) is 5.69 Å². The summed E-state index contributed by atoms with van der Waals surface area (Å²) in [6.07, 6.45) is 4.87. The first-order chi connectivity index (χ1) is 10.3. The van der Waals surface area contributed by atoms with Gasteiger partial charge in [-0.05, 0) is 23.8 Å². The molecule has 0 bridgehead atoms. The van der Waals surface area contributed by atoms with Gasteiger partial charge in [-0.25, -0.2) is 9.48 Å². The maximum absolute atomic E-state index is 11.7. The van der Waals surface area contributed by atoms with Gasteiger partial charge in [0.1, 0.15) is 26.1 Å². The molecule has 0 amide bonds. The first-order valence-corrected chi connectivity index (χ1v) is 6.53. The van der Waals surface area contributed by atoms with E-state index in [1.807, 2.05) is 36.5 Å².